The predicted molar refractivity (Wildman–Crippen MR) is 86.9 cm³/mol. The average molecular weight is 317 g/mol. The fourth-order valence-corrected chi connectivity index (χ4v) is 4.22. The Morgan fingerprint density at radius 1 is 0.947 bits per heavy atom. The van der Waals surface area contributed by atoms with Crippen LogP contribution in [0, 0.1) is 5.92 Å². The van der Waals surface area contributed by atoms with E-state index in [1.165, 1.54) is 54.9 Å². The predicted octanol–water partition coefficient (Wildman–Crippen LogP) is 5.73. The molecule has 100 valence electrons. The van der Waals surface area contributed by atoms with Crippen molar-refractivity contribution in [2.45, 2.75) is 43.4 Å². The van der Waals surface area contributed by atoms with Crippen LogP contribution in [0.5, 0.6) is 0 Å². The van der Waals surface area contributed by atoms with Crippen molar-refractivity contribution in [3.63, 3.8) is 0 Å². The summed E-state index contributed by atoms with van der Waals surface area (Å²) in [5, 5.41) is 2.82. The Morgan fingerprint density at radius 2 is 1.74 bits per heavy atom. The molecule has 0 N–H and O–H groups in total. The lowest BCUT2D eigenvalue weighted by Crippen LogP contribution is -2.08. The maximum Gasteiger partial charge on any atom is 0.0148 e. The molecule has 2 aromatic carbocycles. The van der Waals surface area contributed by atoms with Crippen LogP contribution in [-0.4, -0.2) is 4.83 Å². The Hall–Kier alpha value is -0.820. The van der Waals surface area contributed by atoms with Crippen molar-refractivity contribution in [2.24, 2.45) is 5.92 Å². The number of alkyl halides is 1. The maximum atomic E-state index is 3.84. The third-order valence-corrected chi connectivity index (χ3v) is 5.19. The molecular formula is C18H21Br. The van der Waals surface area contributed by atoms with Crippen molar-refractivity contribution in [3.8, 4) is 0 Å². The summed E-state index contributed by atoms with van der Waals surface area (Å²) in [6, 6.07) is 15.5. The SMILES string of the molecule is BrC1CCCCC(Cc2cccc3ccccc23)C1. The normalized spacial score (nSPS) is 24.3. The molecule has 0 radical (unpaired) electrons. The number of fused-ring (bicyclic) bond motifs is 1. The van der Waals surface area contributed by atoms with Crippen LogP contribution in [0.3, 0.4) is 0 Å². The van der Waals surface area contributed by atoms with Crippen molar-refractivity contribution in [3.05, 3.63) is 48.0 Å². The van der Waals surface area contributed by atoms with Crippen LogP contribution in [0.2, 0.25) is 0 Å². The van der Waals surface area contributed by atoms with Crippen molar-refractivity contribution in [2.75, 3.05) is 0 Å². The number of benzene rings is 2. The lowest BCUT2D eigenvalue weighted by Gasteiger charge is -2.17. The first-order valence-electron chi connectivity index (χ1n) is 7.43. The van der Waals surface area contributed by atoms with Gasteiger partial charge in [-0.3, -0.25) is 0 Å². The lowest BCUT2D eigenvalue weighted by molar-refractivity contribution is 0.465. The summed E-state index contributed by atoms with van der Waals surface area (Å²) in [6.45, 7) is 0. The van der Waals surface area contributed by atoms with E-state index in [0.717, 1.165) is 10.7 Å². The van der Waals surface area contributed by atoms with Gasteiger partial charge in [-0.25, -0.2) is 0 Å². The topological polar surface area (TPSA) is 0 Å². The Labute approximate surface area is 124 Å². The highest BCUT2D eigenvalue weighted by atomic mass is 79.9. The Kier molecular flexibility index (Phi) is 4.22. The van der Waals surface area contributed by atoms with Crippen LogP contribution < -0.4 is 0 Å². The second kappa shape index (κ2) is 6.09. The van der Waals surface area contributed by atoms with Crippen molar-refractivity contribution >= 4 is 26.7 Å². The number of hydrogen-bond acceptors (Lipinski definition) is 0. The van der Waals surface area contributed by atoms with Gasteiger partial charge in [0.25, 0.3) is 0 Å². The molecule has 0 amide bonds. The molecule has 0 heterocycles. The highest BCUT2D eigenvalue weighted by Gasteiger charge is 2.19. The molecule has 0 saturated heterocycles. The summed E-state index contributed by atoms with van der Waals surface area (Å²) in [4.78, 5) is 0.731. The van der Waals surface area contributed by atoms with Crippen LogP contribution in [-0.2, 0) is 6.42 Å². The summed E-state index contributed by atoms with van der Waals surface area (Å²) in [6.07, 6.45) is 8.11. The van der Waals surface area contributed by atoms with Crippen LogP contribution >= 0.6 is 15.9 Å². The van der Waals surface area contributed by atoms with E-state index in [0.29, 0.717) is 0 Å². The highest BCUT2D eigenvalue weighted by Crippen LogP contribution is 2.31. The van der Waals surface area contributed by atoms with E-state index in [1.807, 2.05) is 0 Å². The minimum atomic E-state index is 0.731. The molecule has 0 nitrogen and oxygen atoms in total. The van der Waals surface area contributed by atoms with Gasteiger partial charge in [0.2, 0.25) is 0 Å². The van der Waals surface area contributed by atoms with Crippen molar-refractivity contribution < 1.29 is 0 Å². The zero-order valence-corrected chi connectivity index (χ0v) is 12.9. The molecule has 3 rings (SSSR count). The van der Waals surface area contributed by atoms with Crippen molar-refractivity contribution in [1.29, 1.82) is 0 Å². The van der Waals surface area contributed by atoms with Gasteiger partial charge in [0.1, 0.15) is 0 Å². The highest BCUT2D eigenvalue weighted by molar-refractivity contribution is 9.09. The van der Waals surface area contributed by atoms with Gasteiger partial charge in [-0.1, -0.05) is 77.7 Å². The molecule has 1 aliphatic rings. The summed E-state index contributed by atoms with van der Waals surface area (Å²) in [5.74, 6) is 0.845. The van der Waals surface area contributed by atoms with Gasteiger partial charge in [0.05, 0.1) is 0 Å². The van der Waals surface area contributed by atoms with Gasteiger partial charge < -0.3 is 0 Å². The molecule has 1 saturated carbocycles. The molecule has 2 aromatic rings. The Balaban J connectivity index is 1.84. The van der Waals surface area contributed by atoms with E-state index in [4.69, 9.17) is 0 Å². The third-order valence-electron chi connectivity index (χ3n) is 4.36. The molecule has 0 spiro atoms. The van der Waals surface area contributed by atoms with E-state index in [1.54, 1.807) is 0 Å². The van der Waals surface area contributed by atoms with Crippen LogP contribution in [0.25, 0.3) is 10.8 Å². The van der Waals surface area contributed by atoms with Crippen LogP contribution in [0.1, 0.15) is 37.7 Å². The van der Waals surface area contributed by atoms with Gasteiger partial charge in [-0.15, -0.1) is 0 Å². The number of hydrogen-bond donors (Lipinski definition) is 0. The number of rotatable bonds is 2. The van der Waals surface area contributed by atoms with E-state index in [-0.39, 0.29) is 0 Å². The second-order valence-corrected chi connectivity index (χ2v) is 7.12. The zero-order chi connectivity index (χ0) is 13.1. The van der Waals surface area contributed by atoms with Gasteiger partial charge >= 0.3 is 0 Å². The summed E-state index contributed by atoms with van der Waals surface area (Å²) in [5.41, 5.74) is 1.53. The Bertz CT molecular complexity index is 541. The standard InChI is InChI=1S/C18H21Br/c19-17-10-3-1-6-14(13-17)12-16-9-5-8-15-7-2-4-11-18(15)16/h2,4-5,7-9,11,14,17H,1,3,6,10,12-13H2. The van der Waals surface area contributed by atoms with Gasteiger partial charge in [0, 0.05) is 4.83 Å². The molecule has 0 aliphatic heterocycles. The smallest absolute Gasteiger partial charge is 0.0148 e. The maximum absolute atomic E-state index is 3.84. The molecule has 0 aromatic heterocycles. The van der Waals surface area contributed by atoms with E-state index in [9.17, 15) is 0 Å². The van der Waals surface area contributed by atoms with Crippen molar-refractivity contribution in [1.82, 2.24) is 0 Å². The first kappa shape index (κ1) is 13.2. The lowest BCUT2D eigenvalue weighted by atomic mass is 9.90. The summed E-state index contributed by atoms with van der Waals surface area (Å²) >= 11 is 3.84. The van der Waals surface area contributed by atoms with E-state index >= 15 is 0 Å². The molecule has 1 heteroatoms. The third kappa shape index (κ3) is 3.20. The van der Waals surface area contributed by atoms with Gasteiger partial charge in [0.15, 0.2) is 0 Å². The van der Waals surface area contributed by atoms with Crippen LogP contribution in [0.4, 0.5) is 0 Å². The fourth-order valence-electron chi connectivity index (χ4n) is 3.36. The summed E-state index contributed by atoms with van der Waals surface area (Å²) < 4.78 is 0. The first-order chi connectivity index (χ1) is 9.33. The van der Waals surface area contributed by atoms with E-state index < -0.39 is 0 Å². The van der Waals surface area contributed by atoms with E-state index in [2.05, 4.69) is 58.4 Å². The quantitative estimate of drug-likeness (QED) is 0.490. The van der Waals surface area contributed by atoms with Crippen LogP contribution in [0.15, 0.2) is 42.5 Å². The molecule has 19 heavy (non-hydrogen) atoms. The monoisotopic (exact) mass is 316 g/mol. The molecule has 1 aliphatic carbocycles. The minimum Gasteiger partial charge on any atom is -0.0891 e. The first-order valence-corrected chi connectivity index (χ1v) is 8.35. The molecule has 2 atom stereocenters. The molecule has 2 unspecified atom stereocenters. The molecule has 0 bridgehead atoms. The fraction of sp³-hybridized carbons (Fsp3) is 0.444. The second-order valence-electron chi connectivity index (χ2n) is 5.83. The molecule has 1 fully saturated rings. The largest absolute Gasteiger partial charge is 0.0891 e. The zero-order valence-electron chi connectivity index (χ0n) is 11.3. The molecular weight excluding hydrogens is 296 g/mol. The average Bonchev–Trinajstić information content (AvgIpc) is 2.63. The van der Waals surface area contributed by atoms with Gasteiger partial charge in [-0.05, 0) is 41.5 Å². The Morgan fingerprint density at radius 3 is 2.68 bits per heavy atom. The minimum absolute atomic E-state index is 0.731. The summed E-state index contributed by atoms with van der Waals surface area (Å²) in [7, 11) is 0. The number of halogens is 1. The van der Waals surface area contributed by atoms with Gasteiger partial charge in [-0.2, -0.15) is 0 Å².